The summed E-state index contributed by atoms with van der Waals surface area (Å²) in [5, 5.41) is 12.5. The van der Waals surface area contributed by atoms with Gasteiger partial charge < -0.3 is 14.6 Å². The average molecular weight is 388 g/mol. The molecule has 7 heteroatoms. The standard InChI is InChI=1S/C22H20N4O3/c23-10-3-14-26-16-18(19-4-1-2-5-20(19)26)6-7-21(27)29-15-13-25-22(28)17-8-11-24-12-9-17/h1-2,4-9,11-12,16H,3,13-15H2,(H,25,28). The molecule has 0 fully saturated rings. The molecule has 2 aromatic heterocycles. The Kier molecular flexibility index (Phi) is 6.74. The van der Waals surface area contributed by atoms with E-state index in [1.165, 1.54) is 18.5 Å². The van der Waals surface area contributed by atoms with E-state index in [1.807, 2.05) is 35.0 Å². The van der Waals surface area contributed by atoms with Crippen LogP contribution in [0.1, 0.15) is 22.3 Å². The molecule has 3 aromatic rings. The van der Waals surface area contributed by atoms with Crippen LogP contribution >= 0.6 is 0 Å². The smallest absolute Gasteiger partial charge is 0.330 e. The number of amides is 1. The van der Waals surface area contributed by atoms with Crippen molar-refractivity contribution in [3.05, 3.63) is 72.2 Å². The van der Waals surface area contributed by atoms with Gasteiger partial charge in [0.2, 0.25) is 0 Å². The molecule has 29 heavy (non-hydrogen) atoms. The number of para-hydroxylation sites is 1. The van der Waals surface area contributed by atoms with Crippen LogP contribution in [0.3, 0.4) is 0 Å². The monoisotopic (exact) mass is 388 g/mol. The third kappa shape index (κ3) is 5.30. The first kappa shape index (κ1) is 19.8. The molecular formula is C22H20N4O3. The normalized spacial score (nSPS) is 10.7. The zero-order valence-electron chi connectivity index (χ0n) is 15.7. The molecule has 146 valence electrons. The zero-order valence-corrected chi connectivity index (χ0v) is 15.7. The minimum absolute atomic E-state index is 0.0733. The van der Waals surface area contributed by atoms with E-state index in [-0.39, 0.29) is 19.1 Å². The summed E-state index contributed by atoms with van der Waals surface area (Å²) < 4.78 is 7.13. The fourth-order valence-electron chi connectivity index (χ4n) is 2.89. The molecule has 0 saturated heterocycles. The topological polar surface area (TPSA) is 97.0 Å². The average Bonchev–Trinajstić information content (AvgIpc) is 3.12. The van der Waals surface area contributed by atoms with Gasteiger partial charge in [0.05, 0.1) is 19.0 Å². The Morgan fingerprint density at radius 1 is 1.21 bits per heavy atom. The number of nitrogens with one attached hydrogen (secondary N) is 1. The number of hydrogen-bond acceptors (Lipinski definition) is 5. The first-order valence-electron chi connectivity index (χ1n) is 9.17. The van der Waals surface area contributed by atoms with Crippen LogP contribution in [-0.2, 0) is 16.1 Å². The number of hydrogen-bond donors (Lipinski definition) is 1. The molecule has 0 spiro atoms. The van der Waals surface area contributed by atoms with Gasteiger partial charge in [-0.2, -0.15) is 5.26 Å². The number of pyridine rings is 1. The molecular weight excluding hydrogens is 368 g/mol. The number of aromatic nitrogens is 2. The molecule has 3 rings (SSSR count). The predicted molar refractivity (Wildman–Crippen MR) is 109 cm³/mol. The molecule has 1 aromatic carbocycles. The SMILES string of the molecule is N#CCCn1cc(C=CC(=O)OCCNC(=O)c2ccncc2)c2ccccc21. The summed E-state index contributed by atoms with van der Waals surface area (Å²) in [5.41, 5.74) is 2.38. The fourth-order valence-corrected chi connectivity index (χ4v) is 2.89. The quantitative estimate of drug-likeness (QED) is 0.364. The van der Waals surface area contributed by atoms with Gasteiger partial charge in [-0.15, -0.1) is 0 Å². The largest absolute Gasteiger partial charge is 0.461 e. The van der Waals surface area contributed by atoms with Gasteiger partial charge in [0.15, 0.2) is 0 Å². The third-order valence-corrected chi connectivity index (χ3v) is 4.26. The highest BCUT2D eigenvalue weighted by Crippen LogP contribution is 2.22. The highest BCUT2D eigenvalue weighted by atomic mass is 16.5. The predicted octanol–water partition coefficient (Wildman–Crippen LogP) is 2.94. The minimum atomic E-state index is -0.489. The number of carbonyl (C=O) groups is 2. The van der Waals surface area contributed by atoms with E-state index in [1.54, 1.807) is 18.2 Å². The van der Waals surface area contributed by atoms with E-state index < -0.39 is 5.97 Å². The highest BCUT2D eigenvalue weighted by molar-refractivity contribution is 5.95. The fraction of sp³-hybridized carbons (Fsp3) is 0.182. The van der Waals surface area contributed by atoms with Crippen molar-refractivity contribution in [2.75, 3.05) is 13.2 Å². The lowest BCUT2D eigenvalue weighted by molar-refractivity contribution is -0.137. The number of fused-ring (bicyclic) bond motifs is 1. The van der Waals surface area contributed by atoms with Crippen molar-refractivity contribution < 1.29 is 14.3 Å². The molecule has 1 amide bonds. The lowest BCUT2D eigenvalue weighted by Gasteiger charge is -2.05. The van der Waals surface area contributed by atoms with Gasteiger partial charge in [-0.1, -0.05) is 18.2 Å². The van der Waals surface area contributed by atoms with Gasteiger partial charge in [0.1, 0.15) is 6.61 Å². The summed E-state index contributed by atoms with van der Waals surface area (Å²) in [7, 11) is 0. The van der Waals surface area contributed by atoms with E-state index in [4.69, 9.17) is 10.00 Å². The summed E-state index contributed by atoms with van der Waals surface area (Å²) in [5.74, 6) is -0.735. The summed E-state index contributed by atoms with van der Waals surface area (Å²) in [4.78, 5) is 27.7. The molecule has 0 radical (unpaired) electrons. The van der Waals surface area contributed by atoms with E-state index in [0.29, 0.717) is 18.5 Å². The van der Waals surface area contributed by atoms with Crippen LogP contribution < -0.4 is 5.32 Å². The summed E-state index contributed by atoms with van der Waals surface area (Å²) in [6, 6.07) is 13.2. The van der Waals surface area contributed by atoms with Crippen molar-refractivity contribution in [1.82, 2.24) is 14.9 Å². The Morgan fingerprint density at radius 2 is 2.00 bits per heavy atom. The van der Waals surface area contributed by atoms with Gasteiger partial charge in [-0.3, -0.25) is 9.78 Å². The van der Waals surface area contributed by atoms with Crippen LogP contribution in [0.2, 0.25) is 0 Å². The molecule has 1 N–H and O–H groups in total. The second-order valence-electron chi connectivity index (χ2n) is 6.20. The lowest BCUT2D eigenvalue weighted by Crippen LogP contribution is -2.27. The zero-order chi connectivity index (χ0) is 20.5. The third-order valence-electron chi connectivity index (χ3n) is 4.26. The summed E-state index contributed by atoms with van der Waals surface area (Å²) in [6.07, 6.45) is 8.47. The maximum absolute atomic E-state index is 12.0. The van der Waals surface area contributed by atoms with Crippen LogP contribution in [-0.4, -0.2) is 34.6 Å². The number of benzene rings is 1. The maximum atomic E-state index is 12.0. The van der Waals surface area contributed by atoms with E-state index >= 15 is 0 Å². The van der Waals surface area contributed by atoms with Crippen molar-refractivity contribution in [3.63, 3.8) is 0 Å². The van der Waals surface area contributed by atoms with Gasteiger partial charge >= 0.3 is 5.97 Å². The van der Waals surface area contributed by atoms with Crippen LogP contribution in [0.25, 0.3) is 17.0 Å². The van der Waals surface area contributed by atoms with Crippen LogP contribution in [0.5, 0.6) is 0 Å². The van der Waals surface area contributed by atoms with Gasteiger partial charge in [-0.25, -0.2) is 4.79 Å². The first-order chi connectivity index (χ1) is 14.2. The highest BCUT2D eigenvalue weighted by Gasteiger charge is 2.07. The van der Waals surface area contributed by atoms with E-state index in [0.717, 1.165) is 16.5 Å². The lowest BCUT2D eigenvalue weighted by atomic mass is 10.1. The number of nitrogens with zero attached hydrogens (tertiary/aromatic N) is 3. The van der Waals surface area contributed by atoms with Crippen LogP contribution in [0, 0.1) is 11.3 Å². The number of rotatable bonds is 8. The first-order valence-corrected chi connectivity index (χ1v) is 9.17. The summed E-state index contributed by atoms with van der Waals surface area (Å²) in [6.45, 7) is 0.880. The Balaban J connectivity index is 1.53. The summed E-state index contributed by atoms with van der Waals surface area (Å²) >= 11 is 0. The Labute approximate surface area is 168 Å². The van der Waals surface area contributed by atoms with E-state index in [9.17, 15) is 9.59 Å². The number of ether oxygens (including phenoxy) is 1. The maximum Gasteiger partial charge on any atom is 0.330 e. The Morgan fingerprint density at radius 3 is 2.79 bits per heavy atom. The molecule has 0 bridgehead atoms. The van der Waals surface area contributed by atoms with E-state index in [2.05, 4.69) is 16.4 Å². The Hall–Kier alpha value is -3.92. The van der Waals surface area contributed by atoms with Gasteiger partial charge in [0, 0.05) is 53.2 Å². The second kappa shape index (κ2) is 9.85. The number of esters is 1. The van der Waals surface area contributed by atoms with Crippen molar-refractivity contribution >= 4 is 28.9 Å². The van der Waals surface area contributed by atoms with Crippen LogP contribution in [0.4, 0.5) is 0 Å². The number of nitriles is 1. The number of aryl methyl sites for hydroxylation is 1. The molecule has 2 heterocycles. The molecule has 0 aliphatic rings. The van der Waals surface area contributed by atoms with Crippen molar-refractivity contribution in [1.29, 1.82) is 5.26 Å². The van der Waals surface area contributed by atoms with Crippen molar-refractivity contribution in [2.45, 2.75) is 13.0 Å². The molecule has 0 atom stereocenters. The molecule has 0 aliphatic carbocycles. The molecule has 0 unspecified atom stereocenters. The van der Waals surface area contributed by atoms with Crippen molar-refractivity contribution in [2.24, 2.45) is 0 Å². The number of carbonyl (C=O) groups excluding carboxylic acids is 2. The second-order valence-corrected chi connectivity index (χ2v) is 6.20. The molecule has 0 saturated carbocycles. The van der Waals surface area contributed by atoms with Crippen molar-refractivity contribution in [3.8, 4) is 6.07 Å². The molecule has 0 aliphatic heterocycles. The van der Waals surface area contributed by atoms with Gasteiger partial charge in [0.25, 0.3) is 5.91 Å². The Bertz CT molecular complexity index is 1060. The minimum Gasteiger partial charge on any atom is -0.461 e. The van der Waals surface area contributed by atoms with Crippen LogP contribution in [0.15, 0.2) is 61.1 Å². The molecule has 7 nitrogen and oxygen atoms in total. The van der Waals surface area contributed by atoms with Gasteiger partial charge in [-0.05, 0) is 24.3 Å².